The van der Waals surface area contributed by atoms with Crippen LogP contribution in [0.5, 0.6) is 0 Å². The highest BCUT2D eigenvalue weighted by atomic mass is 32.2. The zero-order chi connectivity index (χ0) is 18.2. The van der Waals surface area contributed by atoms with Crippen molar-refractivity contribution in [2.24, 2.45) is 5.92 Å². The van der Waals surface area contributed by atoms with Gasteiger partial charge >= 0.3 is 0 Å². The maximum atomic E-state index is 13.7. The second-order valence-corrected chi connectivity index (χ2v) is 9.80. The lowest BCUT2D eigenvalue weighted by Gasteiger charge is -2.36. The summed E-state index contributed by atoms with van der Waals surface area (Å²) in [6.45, 7) is 3.55. The van der Waals surface area contributed by atoms with Gasteiger partial charge in [-0.15, -0.1) is 0 Å². The average Bonchev–Trinajstić information content (AvgIpc) is 2.97. The fourth-order valence-corrected chi connectivity index (χ4v) is 7.00. The van der Waals surface area contributed by atoms with E-state index in [0.717, 1.165) is 13.0 Å². The van der Waals surface area contributed by atoms with Crippen LogP contribution in [-0.2, 0) is 16.4 Å². The Hall–Kier alpha value is -1.91. The van der Waals surface area contributed by atoms with E-state index >= 15 is 0 Å². The molecule has 4 rings (SSSR count). The summed E-state index contributed by atoms with van der Waals surface area (Å²) in [4.78, 5) is 2.80. The monoisotopic (exact) mass is 367 g/mol. The van der Waals surface area contributed by atoms with Gasteiger partial charge in [0.05, 0.1) is 9.64 Å². The highest BCUT2D eigenvalue weighted by Crippen LogP contribution is 2.48. The van der Waals surface area contributed by atoms with Crippen LogP contribution in [-0.4, -0.2) is 30.7 Å². The van der Waals surface area contributed by atoms with E-state index in [0.29, 0.717) is 17.9 Å². The zero-order valence-electron chi connectivity index (χ0n) is 15.1. The lowest BCUT2D eigenvalue weighted by atomic mass is 9.83. The van der Waals surface area contributed by atoms with Crippen molar-refractivity contribution in [1.29, 1.82) is 0 Å². The van der Waals surface area contributed by atoms with Gasteiger partial charge in [-0.25, -0.2) is 8.42 Å². The summed E-state index contributed by atoms with van der Waals surface area (Å²) < 4.78 is 26.6. The van der Waals surface area contributed by atoms with Gasteiger partial charge in [0.1, 0.15) is 0 Å². The van der Waals surface area contributed by atoms with E-state index in [-0.39, 0.29) is 12.0 Å². The van der Waals surface area contributed by atoms with Crippen molar-refractivity contribution in [2.45, 2.75) is 42.0 Å². The van der Waals surface area contributed by atoms with Crippen LogP contribution in [0.1, 0.15) is 25.3 Å². The molecule has 0 bridgehead atoms. The minimum Gasteiger partial charge on any atom is -0.294 e. The maximum absolute atomic E-state index is 13.7. The van der Waals surface area contributed by atoms with E-state index in [4.69, 9.17) is 0 Å². The van der Waals surface area contributed by atoms with Crippen LogP contribution in [0.25, 0.3) is 0 Å². The normalized spacial score (nSPS) is 28.8. The predicted molar refractivity (Wildman–Crippen MR) is 105 cm³/mol. The third-order valence-corrected chi connectivity index (χ3v) is 8.64. The molecule has 0 saturated carbocycles. The van der Waals surface area contributed by atoms with Crippen LogP contribution in [0.3, 0.4) is 0 Å². The highest BCUT2D eigenvalue weighted by Gasteiger charge is 2.58. The minimum atomic E-state index is -3.41. The molecule has 1 aliphatic heterocycles. The first-order valence-corrected chi connectivity index (χ1v) is 10.8. The molecule has 1 saturated heterocycles. The van der Waals surface area contributed by atoms with Crippen LogP contribution in [0.4, 0.5) is 0 Å². The summed E-state index contributed by atoms with van der Waals surface area (Å²) in [5.41, 5.74) is 1.23. The molecular formula is C22H25NO2S. The Balaban J connectivity index is 1.73. The van der Waals surface area contributed by atoms with Crippen LogP contribution >= 0.6 is 0 Å². The number of hydrogen-bond donors (Lipinski definition) is 0. The van der Waals surface area contributed by atoms with Gasteiger partial charge in [-0.1, -0.05) is 60.7 Å². The number of allylic oxidation sites excluding steroid dienone is 1. The van der Waals surface area contributed by atoms with Crippen LogP contribution in [0, 0.1) is 5.92 Å². The molecule has 1 aliphatic carbocycles. The van der Waals surface area contributed by atoms with Gasteiger partial charge in [0.2, 0.25) is 0 Å². The van der Waals surface area contributed by atoms with Crippen molar-refractivity contribution in [3.8, 4) is 0 Å². The number of fused-ring (bicyclic) bond motifs is 1. The van der Waals surface area contributed by atoms with Gasteiger partial charge in [-0.2, -0.15) is 0 Å². The lowest BCUT2D eigenvalue weighted by molar-refractivity contribution is 0.245. The molecule has 136 valence electrons. The van der Waals surface area contributed by atoms with Crippen LogP contribution in [0.15, 0.2) is 77.7 Å². The van der Waals surface area contributed by atoms with Crippen molar-refractivity contribution in [3.05, 3.63) is 78.4 Å². The Bertz CT molecular complexity index is 892. The molecule has 2 aliphatic rings. The summed E-state index contributed by atoms with van der Waals surface area (Å²) in [5.74, 6) is 0.0326. The predicted octanol–water partition coefficient (Wildman–Crippen LogP) is 4.07. The van der Waals surface area contributed by atoms with E-state index < -0.39 is 14.6 Å². The number of benzene rings is 2. The van der Waals surface area contributed by atoms with Gasteiger partial charge in [-0.05, 0) is 37.5 Å². The van der Waals surface area contributed by atoms with Crippen molar-refractivity contribution >= 4 is 9.84 Å². The van der Waals surface area contributed by atoms with Crippen molar-refractivity contribution in [1.82, 2.24) is 4.90 Å². The fourth-order valence-electron chi connectivity index (χ4n) is 4.66. The van der Waals surface area contributed by atoms with Gasteiger partial charge in [-0.3, -0.25) is 4.90 Å². The average molecular weight is 368 g/mol. The maximum Gasteiger partial charge on any atom is 0.185 e. The fraction of sp³-hybridized carbons (Fsp3) is 0.364. The standard InChI is InChI=1S/C22H25NO2S/c1-18-21-14-8-9-15-22(21,26(24,25)20-12-6-3-7-13-20)17-23(18)16-19-10-4-2-5-11-19/h2-8,10-14,18,21H,9,15-17H2,1H3/t18-,21-,22-/m0/s1. The summed E-state index contributed by atoms with van der Waals surface area (Å²) >= 11 is 0. The third-order valence-electron chi connectivity index (χ3n) is 6.07. The Morgan fingerprint density at radius 2 is 1.69 bits per heavy atom. The topological polar surface area (TPSA) is 37.4 Å². The second-order valence-electron chi connectivity index (χ2n) is 7.51. The minimum absolute atomic E-state index is 0.0326. The number of hydrogen-bond acceptors (Lipinski definition) is 3. The molecule has 0 aromatic heterocycles. The largest absolute Gasteiger partial charge is 0.294 e. The van der Waals surface area contributed by atoms with Gasteiger partial charge in [0.15, 0.2) is 9.84 Å². The first-order chi connectivity index (χ1) is 12.5. The van der Waals surface area contributed by atoms with Gasteiger partial charge < -0.3 is 0 Å². The first-order valence-electron chi connectivity index (χ1n) is 9.29. The molecule has 1 fully saturated rings. The first kappa shape index (κ1) is 17.5. The number of rotatable bonds is 4. The van der Waals surface area contributed by atoms with E-state index in [1.807, 2.05) is 36.4 Å². The Morgan fingerprint density at radius 1 is 1.04 bits per heavy atom. The molecule has 0 radical (unpaired) electrons. The molecule has 1 heterocycles. The molecule has 0 amide bonds. The molecule has 0 unspecified atom stereocenters. The summed E-state index contributed by atoms with van der Waals surface area (Å²) in [7, 11) is -3.41. The quantitative estimate of drug-likeness (QED) is 0.765. The second kappa shape index (κ2) is 6.67. The lowest BCUT2D eigenvalue weighted by Crippen LogP contribution is -2.47. The van der Waals surface area contributed by atoms with E-state index in [9.17, 15) is 8.42 Å². The SMILES string of the molecule is C[C@H]1[C@@H]2C=CCC[C@]2(S(=O)(=O)c2ccccc2)CN1Cc1ccccc1. The summed E-state index contributed by atoms with van der Waals surface area (Å²) in [6, 6.07) is 19.5. The molecule has 3 atom stereocenters. The van der Waals surface area contributed by atoms with Crippen molar-refractivity contribution in [3.63, 3.8) is 0 Å². The summed E-state index contributed by atoms with van der Waals surface area (Å²) in [6.07, 6.45) is 5.83. The van der Waals surface area contributed by atoms with E-state index in [2.05, 4.69) is 36.1 Å². The van der Waals surface area contributed by atoms with Gasteiger partial charge in [0, 0.05) is 25.0 Å². The summed E-state index contributed by atoms with van der Waals surface area (Å²) in [5, 5.41) is 0. The van der Waals surface area contributed by atoms with E-state index in [1.165, 1.54) is 5.56 Å². The molecule has 0 spiro atoms. The van der Waals surface area contributed by atoms with Crippen LogP contribution in [0.2, 0.25) is 0 Å². The number of nitrogens with zero attached hydrogens (tertiary/aromatic N) is 1. The van der Waals surface area contributed by atoms with E-state index in [1.54, 1.807) is 12.1 Å². The molecule has 2 aromatic carbocycles. The molecule has 2 aromatic rings. The third kappa shape index (κ3) is 2.72. The Kier molecular flexibility index (Phi) is 4.49. The van der Waals surface area contributed by atoms with Gasteiger partial charge in [0.25, 0.3) is 0 Å². The molecule has 0 N–H and O–H groups in total. The zero-order valence-corrected chi connectivity index (χ0v) is 15.9. The molecule has 4 heteroatoms. The Labute approximate surface area is 156 Å². The number of likely N-dealkylation sites (tertiary alicyclic amines) is 1. The molecule has 26 heavy (non-hydrogen) atoms. The van der Waals surface area contributed by atoms with Crippen LogP contribution < -0.4 is 0 Å². The van der Waals surface area contributed by atoms with Crippen molar-refractivity contribution < 1.29 is 8.42 Å². The Morgan fingerprint density at radius 3 is 2.38 bits per heavy atom. The smallest absolute Gasteiger partial charge is 0.185 e. The number of sulfone groups is 1. The van der Waals surface area contributed by atoms with Crippen molar-refractivity contribution in [2.75, 3.05) is 6.54 Å². The molecule has 3 nitrogen and oxygen atoms in total. The molecular weight excluding hydrogens is 342 g/mol. The highest BCUT2D eigenvalue weighted by molar-refractivity contribution is 7.93.